The van der Waals surface area contributed by atoms with Gasteiger partial charge in [0.2, 0.25) is 0 Å². The molecule has 0 saturated carbocycles. The van der Waals surface area contributed by atoms with E-state index in [1.165, 1.54) is 28.0 Å². The number of furan rings is 1. The van der Waals surface area contributed by atoms with Crippen LogP contribution in [0.15, 0.2) is 105 Å². The molecule has 0 aliphatic carbocycles. The maximum Gasteiger partial charge on any atom is 0.338 e. The average molecular weight is 646 g/mol. The predicted molar refractivity (Wildman–Crippen MR) is 169 cm³/mol. The largest absolute Gasteiger partial charge is 0.478 e. The first kappa shape index (κ1) is 29.4. The number of aromatic nitrogens is 1. The Bertz CT molecular complexity index is 2130. The number of benzene rings is 3. The number of rotatable bonds is 7. The molecule has 1 aliphatic heterocycles. The number of halogens is 2. The van der Waals surface area contributed by atoms with Crippen molar-refractivity contribution >= 4 is 58.3 Å². The summed E-state index contributed by atoms with van der Waals surface area (Å²) >= 11 is 13.5. The number of aromatic carboxylic acids is 1. The van der Waals surface area contributed by atoms with Crippen LogP contribution in [0.1, 0.15) is 40.2 Å². The maximum atomic E-state index is 14.0. The minimum atomic E-state index is -1.13. The normalized spacial score (nSPS) is 14.7. The zero-order valence-electron chi connectivity index (χ0n) is 23.0. The second-order valence-electron chi connectivity index (χ2n) is 9.68. The van der Waals surface area contributed by atoms with Crippen molar-refractivity contribution in [2.24, 2.45) is 4.99 Å². The van der Waals surface area contributed by atoms with E-state index < -0.39 is 18.0 Å². The molecule has 1 unspecified atom stereocenters. The van der Waals surface area contributed by atoms with E-state index in [1.54, 1.807) is 55.5 Å². The number of hydrogen-bond donors (Lipinski definition) is 1. The molecule has 220 valence electrons. The summed E-state index contributed by atoms with van der Waals surface area (Å²) in [6, 6.07) is 23.3. The van der Waals surface area contributed by atoms with Gasteiger partial charge in [0.05, 0.1) is 39.0 Å². The van der Waals surface area contributed by atoms with E-state index >= 15 is 0 Å². The van der Waals surface area contributed by atoms with Gasteiger partial charge in [-0.15, -0.1) is 0 Å². The lowest BCUT2D eigenvalue weighted by Gasteiger charge is -2.25. The number of hydrogen-bond acceptors (Lipinski definition) is 7. The quantitative estimate of drug-likeness (QED) is 0.211. The Morgan fingerprint density at radius 3 is 2.45 bits per heavy atom. The van der Waals surface area contributed by atoms with Crippen molar-refractivity contribution in [3.8, 4) is 11.3 Å². The molecule has 3 aromatic carbocycles. The van der Waals surface area contributed by atoms with Crippen molar-refractivity contribution in [3.63, 3.8) is 0 Å². The van der Waals surface area contributed by atoms with Crippen molar-refractivity contribution in [3.05, 3.63) is 143 Å². The molecule has 1 N–H and O–H groups in total. The van der Waals surface area contributed by atoms with Crippen LogP contribution in [0.2, 0.25) is 10.0 Å². The van der Waals surface area contributed by atoms with Gasteiger partial charge in [0, 0.05) is 22.2 Å². The van der Waals surface area contributed by atoms with Gasteiger partial charge >= 0.3 is 11.9 Å². The number of ether oxygens (including phenoxy) is 1. The van der Waals surface area contributed by atoms with Crippen LogP contribution in [0, 0.1) is 0 Å². The lowest BCUT2D eigenvalue weighted by atomic mass is 9.93. The Morgan fingerprint density at radius 2 is 1.77 bits per heavy atom. The molecule has 3 heterocycles. The van der Waals surface area contributed by atoms with Crippen LogP contribution in [-0.4, -0.2) is 28.2 Å². The summed E-state index contributed by atoms with van der Waals surface area (Å²) in [5.74, 6) is -0.874. The highest BCUT2D eigenvalue weighted by atomic mass is 35.5. The van der Waals surface area contributed by atoms with Gasteiger partial charge in [0.15, 0.2) is 4.80 Å². The first-order chi connectivity index (χ1) is 21.2. The monoisotopic (exact) mass is 644 g/mol. The molecule has 44 heavy (non-hydrogen) atoms. The summed E-state index contributed by atoms with van der Waals surface area (Å²) in [5, 5.41) is 9.85. The lowest BCUT2D eigenvalue weighted by molar-refractivity contribution is -0.138. The summed E-state index contributed by atoms with van der Waals surface area (Å²) in [7, 11) is 0. The number of carbonyl (C=O) groups is 2. The minimum Gasteiger partial charge on any atom is -0.478 e. The fourth-order valence-electron chi connectivity index (χ4n) is 4.96. The molecule has 1 atom stereocenters. The molecule has 0 amide bonds. The third-order valence-electron chi connectivity index (χ3n) is 6.94. The minimum absolute atomic E-state index is 0.0180. The third-order valence-corrected chi connectivity index (χ3v) is 8.49. The van der Waals surface area contributed by atoms with E-state index in [2.05, 4.69) is 0 Å². The third kappa shape index (κ3) is 5.53. The van der Waals surface area contributed by atoms with Gasteiger partial charge in [-0.1, -0.05) is 83.1 Å². The zero-order valence-corrected chi connectivity index (χ0v) is 25.3. The fraction of sp³-hybridized carbons (Fsp3) is 0.0909. The first-order valence-corrected chi connectivity index (χ1v) is 15.0. The van der Waals surface area contributed by atoms with Gasteiger partial charge in [0.25, 0.3) is 5.56 Å². The highest BCUT2D eigenvalue weighted by Crippen LogP contribution is 2.35. The van der Waals surface area contributed by atoms with Crippen LogP contribution < -0.4 is 14.9 Å². The van der Waals surface area contributed by atoms with Crippen LogP contribution in [0.5, 0.6) is 0 Å². The predicted octanol–water partition coefficient (Wildman–Crippen LogP) is 6.20. The number of fused-ring (bicyclic) bond motifs is 1. The summed E-state index contributed by atoms with van der Waals surface area (Å²) in [6.07, 6.45) is 1.61. The van der Waals surface area contributed by atoms with Gasteiger partial charge in [-0.05, 0) is 48.9 Å². The molecule has 2 aromatic heterocycles. The van der Waals surface area contributed by atoms with Crippen LogP contribution in [0.3, 0.4) is 0 Å². The summed E-state index contributed by atoms with van der Waals surface area (Å²) in [5.41, 5.74) is 2.21. The van der Waals surface area contributed by atoms with Crippen molar-refractivity contribution < 1.29 is 23.8 Å². The topological polar surface area (TPSA) is 111 Å². The van der Waals surface area contributed by atoms with Crippen molar-refractivity contribution in [1.82, 2.24) is 4.57 Å². The number of carboxylic acids is 1. The van der Waals surface area contributed by atoms with Gasteiger partial charge in [-0.2, -0.15) is 0 Å². The molecule has 6 rings (SSSR count). The molecule has 5 aromatic rings. The molecular formula is C33H22Cl2N2O6S. The number of thiazole rings is 1. The first-order valence-electron chi connectivity index (χ1n) is 13.4. The van der Waals surface area contributed by atoms with E-state index in [9.17, 15) is 19.5 Å². The molecular weight excluding hydrogens is 623 g/mol. The molecule has 1 aliphatic rings. The Hall–Kier alpha value is -4.70. The number of carbonyl (C=O) groups excluding carboxylic acids is 1. The lowest BCUT2D eigenvalue weighted by Crippen LogP contribution is -2.39. The van der Waals surface area contributed by atoms with Crippen LogP contribution in [0.25, 0.3) is 23.1 Å². The Morgan fingerprint density at radius 1 is 1.02 bits per heavy atom. The van der Waals surface area contributed by atoms with E-state index in [4.69, 9.17) is 37.3 Å². The summed E-state index contributed by atoms with van der Waals surface area (Å²) < 4.78 is 13.3. The van der Waals surface area contributed by atoms with Gasteiger partial charge < -0.3 is 14.3 Å². The van der Waals surface area contributed by atoms with Gasteiger partial charge in [0.1, 0.15) is 11.5 Å². The highest BCUT2D eigenvalue weighted by Gasteiger charge is 2.35. The summed E-state index contributed by atoms with van der Waals surface area (Å²) in [4.78, 5) is 44.1. The van der Waals surface area contributed by atoms with E-state index in [1.807, 2.05) is 30.3 Å². The smallest absolute Gasteiger partial charge is 0.338 e. The number of carboxylic acid groups (broad SMARTS) is 1. The van der Waals surface area contributed by atoms with Gasteiger partial charge in [-0.25, -0.2) is 14.6 Å². The van der Waals surface area contributed by atoms with Crippen molar-refractivity contribution in [1.29, 1.82) is 0 Å². The number of nitrogens with zero attached hydrogens (tertiary/aromatic N) is 2. The average Bonchev–Trinajstić information content (AvgIpc) is 3.61. The van der Waals surface area contributed by atoms with Crippen molar-refractivity contribution in [2.45, 2.75) is 13.0 Å². The van der Waals surface area contributed by atoms with Crippen LogP contribution in [-0.2, 0) is 9.53 Å². The van der Waals surface area contributed by atoms with E-state index in [-0.39, 0.29) is 28.3 Å². The standard InChI is InChI=1S/C33H22Cl2N2O6S/c1-2-42-32(41)27-28(18-6-4-3-5-7-18)36-33-37(29(27)19-8-11-21(34)12-9-19)30(38)26(44-33)17-22-13-15-25(43-22)20-10-14-23(31(39)40)24(35)16-20/h3-17,29H,2H2,1H3,(H,39,40). The fourth-order valence-corrected chi connectivity index (χ4v) is 6.33. The molecule has 8 nitrogen and oxygen atoms in total. The SMILES string of the molecule is CCOC(=O)C1=C(c2ccccc2)N=c2sc(=Cc3ccc(-c4ccc(C(=O)O)c(Cl)c4)o3)c(=O)n2C1c1ccc(Cl)cc1. The second kappa shape index (κ2) is 12.1. The zero-order chi connectivity index (χ0) is 31.0. The van der Waals surface area contributed by atoms with Gasteiger partial charge in [-0.3, -0.25) is 9.36 Å². The van der Waals surface area contributed by atoms with E-state index in [0.717, 1.165) is 0 Å². The molecule has 0 radical (unpaired) electrons. The summed E-state index contributed by atoms with van der Waals surface area (Å²) in [6.45, 7) is 1.87. The maximum absolute atomic E-state index is 14.0. The second-order valence-corrected chi connectivity index (χ2v) is 11.5. The van der Waals surface area contributed by atoms with E-state index in [0.29, 0.717) is 48.3 Å². The molecule has 0 spiro atoms. The highest BCUT2D eigenvalue weighted by molar-refractivity contribution is 7.07. The van der Waals surface area contributed by atoms with Crippen LogP contribution in [0.4, 0.5) is 0 Å². The molecule has 0 bridgehead atoms. The molecule has 11 heteroatoms. The Kier molecular flexibility index (Phi) is 8.09. The Balaban J connectivity index is 1.52. The Labute approximate surface area is 264 Å². The molecule has 0 fully saturated rings. The van der Waals surface area contributed by atoms with Crippen LogP contribution >= 0.6 is 34.5 Å². The van der Waals surface area contributed by atoms with Crippen molar-refractivity contribution in [2.75, 3.05) is 6.61 Å². The number of esters is 1. The molecule has 0 saturated heterocycles.